The van der Waals surface area contributed by atoms with Gasteiger partial charge < -0.3 is 23.9 Å². The van der Waals surface area contributed by atoms with E-state index in [9.17, 15) is 28.3 Å². The van der Waals surface area contributed by atoms with Gasteiger partial charge in [-0.15, -0.1) is 0 Å². The minimum atomic E-state index is -1.08. The number of ketones is 2. The molecule has 0 unspecified atom stereocenters. The molecular formula is C45H40ClF2NO6. The first-order valence-corrected chi connectivity index (χ1v) is 17.9. The first kappa shape index (κ1) is 40.1. The van der Waals surface area contributed by atoms with E-state index in [1.54, 1.807) is 54.6 Å². The van der Waals surface area contributed by atoms with Gasteiger partial charge in [-0.25, -0.2) is 13.6 Å². The molecule has 1 N–H and O–H groups in total. The Morgan fingerprint density at radius 3 is 1.80 bits per heavy atom. The number of benzene rings is 5. The van der Waals surface area contributed by atoms with Gasteiger partial charge in [-0.3, -0.25) is 4.79 Å². The van der Waals surface area contributed by atoms with Crippen LogP contribution in [-0.4, -0.2) is 27.2 Å². The van der Waals surface area contributed by atoms with E-state index in [1.165, 1.54) is 31.2 Å². The van der Waals surface area contributed by atoms with E-state index >= 15 is 0 Å². The molecule has 0 bridgehead atoms. The molecule has 0 aliphatic rings. The number of carbonyl (C=O) groups excluding carboxylic acids is 2. The van der Waals surface area contributed by atoms with Crippen molar-refractivity contribution in [1.82, 2.24) is 4.57 Å². The molecule has 0 saturated heterocycles. The summed E-state index contributed by atoms with van der Waals surface area (Å²) in [7, 11) is 0. The van der Waals surface area contributed by atoms with E-state index in [0.29, 0.717) is 29.4 Å². The second-order valence-corrected chi connectivity index (χ2v) is 13.5. The molecule has 282 valence electrons. The number of Topliss-reactive ketones (excluding diaryl/α,β-unsaturated/α-hetero) is 2. The standard InChI is InChI=1S/C26H21ClFNO3.C19H19FO3/c1-16-3-12-25(32-15-18-5-7-19(28)8-6-18)22(13-16)24-11-4-17(2)29(24)20-9-10-23(27)21(14-20)26(30)31;1-13-3-10-19(17(11-13)18(22)9-4-14(2)21)23-12-15-5-7-16(20)8-6-15/h3-14H,15H2,1-2H3,(H,30,31);3,5-8,10-11H,4,9,12H2,1-2H3. The average Bonchev–Trinajstić information content (AvgIpc) is 3.55. The Kier molecular flexibility index (Phi) is 13.4. The quantitative estimate of drug-likeness (QED) is 0.118. The zero-order valence-corrected chi connectivity index (χ0v) is 31.6. The Morgan fingerprint density at radius 1 is 0.655 bits per heavy atom. The number of aromatic carboxylic acids is 1. The molecule has 7 nitrogen and oxygen atoms in total. The van der Waals surface area contributed by atoms with Gasteiger partial charge in [0.25, 0.3) is 0 Å². The van der Waals surface area contributed by atoms with Crippen LogP contribution in [0.4, 0.5) is 8.78 Å². The van der Waals surface area contributed by atoms with Gasteiger partial charge in [0, 0.05) is 29.8 Å². The number of halogens is 3. The van der Waals surface area contributed by atoms with Crippen LogP contribution in [0.2, 0.25) is 5.02 Å². The molecule has 6 aromatic rings. The lowest BCUT2D eigenvalue weighted by atomic mass is 10.0. The fourth-order valence-corrected chi connectivity index (χ4v) is 5.97. The zero-order chi connectivity index (χ0) is 39.6. The molecule has 0 fully saturated rings. The van der Waals surface area contributed by atoms with Crippen LogP contribution in [0.15, 0.2) is 115 Å². The predicted octanol–water partition coefficient (Wildman–Crippen LogP) is 11.1. The fraction of sp³-hybridized carbons (Fsp3) is 0.178. The maximum atomic E-state index is 13.2. The molecule has 0 radical (unpaired) electrons. The van der Waals surface area contributed by atoms with E-state index in [2.05, 4.69) is 0 Å². The number of ether oxygens (including phenoxy) is 2. The summed E-state index contributed by atoms with van der Waals surface area (Å²) in [6, 6.07) is 32.4. The third kappa shape index (κ3) is 10.8. The minimum absolute atomic E-state index is 0.0141. The van der Waals surface area contributed by atoms with Gasteiger partial charge in [-0.1, -0.05) is 59.1 Å². The van der Waals surface area contributed by atoms with Crippen molar-refractivity contribution < 1.29 is 37.7 Å². The van der Waals surface area contributed by atoms with Crippen LogP contribution >= 0.6 is 11.6 Å². The highest BCUT2D eigenvalue weighted by Crippen LogP contribution is 2.35. The highest BCUT2D eigenvalue weighted by molar-refractivity contribution is 6.33. The van der Waals surface area contributed by atoms with Crippen molar-refractivity contribution in [3.63, 3.8) is 0 Å². The topological polar surface area (TPSA) is 94.8 Å². The molecule has 0 aliphatic heterocycles. The maximum Gasteiger partial charge on any atom is 0.337 e. The highest BCUT2D eigenvalue weighted by atomic mass is 35.5. The normalized spacial score (nSPS) is 10.7. The summed E-state index contributed by atoms with van der Waals surface area (Å²) < 4.78 is 39.9. The van der Waals surface area contributed by atoms with Crippen LogP contribution in [0.25, 0.3) is 16.9 Å². The molecule has 10 heteroatoms. The lowest BCUT2D eigenvalue weighted by molar-refractivity contribution is -0.117. The Morgan fingerprint density at radius 2 is 1.22 bits per heavy atom. The molecule has 0 saturated carbocycles. The average molecular weight is 764 g/mol. The first-order chi connectivity index (χ1) is 26.3. The number of aryl methyl sites for hydroxylation is 3. The summed E-state index contributed by atoms with van der Waals surface area (Å²) in [5.74, 6) is -0.647. The number of carboxylic acids is 1. The number of aromatic nitrogens is 1. The Hall–Kier alpha value is -6.06. The number of rotatable bonds is 13. The first-order valence-electron chi connectivity index (χ1n) is 17.5. The third-order valence-corrected chi connectivity index (χ3v) is 9.01. The van der Waals surface area contributed by atoms with E-state index in [4.69, 9.17) is 21.1 Å². The smallest absolute Gasteiger partial charge is 0.337 e. The molecule has 0 aliphatic carbocycles. The highest BCUT2D eigenvalue weighted by Gasteiger charge is 2.18. The Labute approximate surface area is 323 Å². The van der Waals surface area contributed by atoms with Crippen molar-refractivity contribution in [3.05, 3.63) is 171 Å². The summed E-state index contributed by atoms with van der Waals surface area (Å²) in [5.41, 5.74) is 7.55. The predicted molar refractivity (Wildman–Crippen MR) is 210 cm³/mol. The number of hydrogen-bond acceptors (Lipinski definition) is 5. The number of hydrogen-bond donors (Lipinski definition) is 1. The van der Waals surface area contributed by atoms with E-state index < -0.39 is 5.97 Å². The van der Waals surface area contributed by atoms with Crippen LogP contribution < -0.4 is 9.47 Å². The summed E-state index contributed by atoms with van der Waals surface area (Å²) >= 11 is 6.07. The van der Waals surface area contributed by atoms with Gasteiger partial charge in [0.1, 0.15) is 42.1 Å². The van der Waals surface area contributed by atoms with Crippen LogP contribution in [0.5, 0.6) is 11.5 Å². The number of carboxylic acid groups (broad SMARTS) is 1. The van der Waals surface area contributed by atoms with Crippen molar-refractivity contribution in [3.8, 4) is 28.4 Å². The van der Waals surface area contributed by atoms with Gasteiger partial charge in [-0.05, 0) is 118 Å². The molecule has 6 rings (SSSR count). The van der Waals surface area contributed by atoms with Crippen LogP contribution in [0.1, 0.15) is 68.4 Å². The summed E-state index contributed by atoms with van der Waals surface area (Å²) in [4.78, 5) is 34.9. The van der Waals surface area contributed by atoms with Crippen molar-refractivity contribution in [2.75, 3.05) is 0 Å². The van der Waals surface area contributed by atoms with Crippen molar-refractivity contribution >= 4 is 29.1 Å². The number of carbonyl (C=O) groups is 3. The SMILES string of the molecule is CC(=O)CCC(=O)c1cc(C)ccc1OCc1ccc(F)cc1.Cc1ccc(OCc2ccc(F)cc2)c(-c2ccc(C)n2-c2ccc(Cl)c(C(=O)O)c2)c1. The lowest BCUT2D eigenvalue weighted by Gasteiger charge is -2.17. The molecule has 1 heterocycles. The summed E-state index contributed by atoms with van der Waals surface area (Å²) in [5, 5.41) is 9.67. The van der Waals surface area contributed by atoms with E-state index in [1.807, 2.05) is 61.7 Å². The van der Waals surface area contributed by atoms with Crippen LogP contribution in [0, 0.1) is 32.4 Å². The fourth-order valence-electron chi connectivity index (χ4n) is 5.77. The largest absolute Gasteiger partial charge is 0.488 e. The molecule has 0 atom stereocenters. The van der Waals surface area contributed by atoms with Gasteiger partial charge in [-0.2, -0.15) is 0 Å². The second kappa shape index (κ2) is 18.3. The van der Waals surface area contributed by atoms with Gasteiger partial charge in [0.15, 0.2) is 5.78 Å². The summed E-state index contributed by atoms with van der Waals surface area (Å²) in [6.45, 7) is 7.85. The van der Waals surface area contributed by atoms with Crippen LogP contribution in [-0.2, 0) is 18.0 Å². The second-order valence-electron chi connectivity index (χ2n) is 13.1. The maximum absolute atomic E-state index is 13.2. The van der Waals surface area contributed by atoms with Crippen LogP contribution in [0.3, 0.4) is 0 Å². The van der Waals surface area contributed by atoms with E-state index in [-0.39, 0.29) is 53.2 Å². The summed E-state index contributed by atoms with van der Waals surface area (Å²) in [6.07, 6.45) is 0.399. The van der Waals surface area contributed by atoms with Gasteiger partial charge in [0.2, 0.25) is 0 Å². The van der Waals surface area contributed by atoms with Gasteiger partial charge in [0.05, 0.1) is 21.8 Å². The Bertz CT molecular complexity index is 2320. The minimum Gasteiger partial charge on any atom is -0.488 e. The molecule has 1 aromatic heterocycles. The third-order valence-electron chi connectivity index (χ3n) is 8.68. The zero-order valence-electron chi connectivity index (χ0n) is 30.9. The molecule has 55 heavy (non-hydrogen) atoms. The molecule has 5 aromatic carbocycles. The van der Waals surface area contributed by atoms with Crippen molar-refractivity contribution in [1.29, 1.82) is 0 Å². The lowest BCUT2D eigenvalue weighted by Crippen LogP contribution is -2.06. The van der Waals surface area contributed by atoms with Crippen molar-refractivity contribution in [2.24, 2.45) is 0 Å². The molecule has 0 spiro atoms. The molecule has 0 amide bonds. The monoisotopic (exact) mass is 763 g/mol. The molecular weight excluding hydrogens is 724 g/mol. The Balaban J connectivity index is 0.000000223. The van der Waals surface area contributed by atoms with E-state index in [0.717, 1.165) is 39.2 Å². The van der Waals surface area contributed by atoms with Crippen molar-refractivity contribution in [2.45, 2.75) is 53.8 Å². The number of nitrogens with zero attached hydrogens (tertiary/aromatic N) is 1. The van der Waals surface area contributed by atoms with Gasteiger partial charge >= 0.3 is 5.97 Å².